The van der Waals surface area contributed by atoms with Crippen LogP contribution in [-0.4, -0.2) is 58.3 Å². The van der Waals surface area contributed by atoms with Crippen LogP contribution in [0.3, 0.4) is 0 Å². The highest BCUT2D eigenvalue weighted by Gasteiger charge is 2.18. The number of nitrogens with one attached hydrogen (secondary N) is 1. The first-order valence-electron chi connectivity index (χ1n) is 8.21. The van der Waals surface area contributed by atoms with E-state index in [1.54, 1.807) is 6.20 Å². The van der Waals surface area contributed by atoms with Crippen molar-refractivity contribution < 1.29 is 0 Å². The molecule has 3 N–H and O–H groups in total. The summed E-state index contributed by atoms with van der Waals surface area (Å²) in [5.74, 6) is 1.27. The van der Waals surface area contributed by atoms with Crippen molar-refractivity contribution >= 4 is 47.4 Å². The molecule has 0 bridgehead atoms. The van der Waals surface area contributed by atoms with Gasteiger partial charge in [-0.15, -0.1) is 24.8 Å². The summed E-state index contributed by atoms with van der Waals surface area (Å²) >= 11 is 0. The van der Waals surface area contributed by atoms with Crippen molar-refractivity contribution in [3.05, 3.63) is 30.6 Å². The van der Waals surface area contributed by atoms with Gasteiger partial charge in [-0.3, -0.25) is 5.10 Å². The Morgan fingerprint density at radius 2 is 1.92 bits per heavy atom. The molecule has 3 heterocycles. The minimum Gasteiger partial charge on any atom is -0.381 e. The van der Waals surface area contributed by atoms with E-state index in [0.29, 0.717) is 5.82 Å². The Labute approximate surface area is 164 Å². The molecule has 26 heavy (non-hydrogen) atoms. The Morgan fingerprint density at radius 3 is 2.77 bits per heavy atom. The van der Waals surface area contributed by atoms with Gasteiger partial charge in [-0.1, -0.05) is 12.1 Å². The molecule has 0 atom stereocenters. The van der Waals surface area contributed by atoms with Crippen LogP contribution < -0.4 is 10.6 Å². The minimum absolute atomic E-state index is 0. The van der Waals surface area contributed by atoms with Crippen LogP contribution in [0, 0.1) is 0 Å². The zero-order chi connectivity index (χ0) is 16.5. The number of hydrogen-bond acceptors (Lipinski definition) is 6. The fourth-order valence-electron chi connectivity index (χ4n) is 3.20. The van der Waals surface area contributed by atoms with Gasteiger partial charge in [0, 0.05) is 30.6 Å². The molecular formula is C17H23Cl2N7. The maximum atomic E-state index is 6.13. The lowest BCUT2D eigenvalue weighted by atomic mass is 10.1. The molecule has 140 valence electrons. The van der Waals surface area contributed by atoms with Crippen LogP contribution in [0.25, 0.3) is 22.2 Å². The normalized spacial score (nSPS) is 15.2. The number of nitrogens with zero attached hydrogens (tertiary/aromatic N) is 5. The number of H-pyrrole nitrogens is 1. The first kappa shape index (κ1) is 20.2. The van der Waals surface area contributed by atoms with Crippen LogP contribution >= 0.6 is 24.8 Å². The summed E-state index contributed by atoms with van der Waals surface area (Å²) in [6.07, 6.45) is 4.66. The van der Waals surface area contributed by atoms with E-state index in [2.05, 4.69) is 32.0 Å². The van der Waals surface area contributed by atoms with Gasteiger partial charge < -0.3 is 15.5 Å². The molecule has 0 radical (unpaired) electrons. The van der Waals surface area contributed by atoms with Crippen molar-refractivity contribution in [3.8, 4) is 11.3 Å². The zero-order valence-electron chi connectivity index (χ0n) is 14.6. The summed E-state index contributed by atoms with van der Waals surface area (Å²) in [5, 5.41) is 8.16. The first-order valence-corrected chi connectivity index (χ1v) is 8.21. The molecule has 0 unspecified atom stereocenters. The van der Waals surface area contributed by atoms with Gasteiger partial charge in [0.2, 0.25) is 0 Å². The maximum absolute atomic E-state index is 6.13. The van der Waals surface area contributed by atoms with Gasteiger partial charge in [0.15, 0.2) is 11.6 Å². The smallest absolute Gasteiger partial charge is 0.172 e. The van der Waals surface area contributed by atoms with Crippen LogP contribution in [0.2, 0.25) is 0 Å². The number of aromatic nitrogens is 4. The van der Waals surface area contributed by atoms with Crippen molar-refractivity contribution in [2.45, 2.75) is 6.42 Å². The molecule has 7 nitrogen and oxygen atoms in total. The van der Waals surface area contributed by atoms with Crippen molar-refractivity contribution in [2.75, 3.05) is 43.9 Å². The van der Waals surface area contributed by atoms with Crippen LogP contribution in [0.1, 0.15) is 6.42 Å². The van der Waals surface area contributed by atoms with E-state index in [0.717, 1.165) is 60.6 Å². The van der Waals surface area contributed by atoms with Crippen LogP contribution in [0.5, 0.6) is 0 Å². The Morgan fingerprint density at radius 1 is 1.08 bits per heavy atom. The van der Waals surface area contributed by atoms with E-state index in [-0.39, 0.29) is 24.8 Å². The van der Waals surface area contributed by atoms with Crippen molar-refractivity contribution in [1.29, 1.82) is 0 Å². The van der Waals surface area contributed by atoms with E-state index in [4.69, 9.17) is 10.7 Å². The molecule has 1 aromatic carbocycles. The Kier molecular flexibility index (Phi) is 6.63. The monoisotopic (exact) mass is 395 g/mol. The van der Waals surface area contributed by atoms with Gasteiger partial charge in [-0.2, -0.15) is 5.10 Å². The molecule has 3 aromatic rings. The lowest BCUT2D eigenvalue weighted by molar-refractivity contribution is 0.360. The fourth-order valence-corrected chi connectivity index (χ4v) is 3.20. The van der Waals surface area contributed by atoms with E-state index in [1.807, 2.05) is 24.4 Å². The van der Waals surface area contributed by atoms with Gasteiger partial charge in [-0.05, 0) is 26.1 Å². The fraction of sp³-hybridized carbons (Fsp3) is 0.353. The number of aromatic amines is 1. The standard InChI is InChI=1S/C17H21N7.2ClH/c1-23-6-3-7-24(9-8-23)17-16(18)19-11-15(21-17)12-4-2-5-14-13(12)10-20-22-14;;/h2,4-5,10-11H,3,6-9H2,1H3,(H2,18,19)(H,20,22);2*1H. The van der Waals surface area contributed by atoms with E-state index < -0.39 is 0 Å². The molecule has 0 amide bonds. The number of fused-ring (bicyclic) bond motifs is 1. The number of benzene rings is 1. The highest BCUT2D eigenvalue weighted by atomic mass is 35.5. The second-order valence-corrected chi connectivity index (χ2v) is 6.24. The molecule has 1 aliphatic rings. The minimum atomic E-state index is 0. The van der Waals surface area contributed by atoms with E-state index in [1.165, 1.54) is 0 Å². The maximum Gasteiger partial charge on any atom is 0.172 e. The topological polar surface area (TPSA) is 87.0 Å². The first-order chi connectivity index (χ1) is 11.7. The molecule has 0 saturated carbocycles. The summed E-state index contributed by atoms with van der Waals surface area (Å²) in [4.78, 5) is 13.8. The molecule has 4 rings (SSSR count). The molecule has 9 heteroatoms. The highest BCUT2D eigenvalue weighted by molar-refractivity contribution is 5.93. The third-order valence-corrected chi connectivity index (χ3v) is 4.56. The average Bonchev–Trinajstić information content (AvgIpc) is 2.97. The molecule has 2 aromatic heterocycles. The third kappa shape index (κ3) is 3.85. The quantitative estimate of drug-likeness (QED) is 0.693. The second kappa shape index (κ2) is 8.53. The number of hydrogen-bond donors (Lipinski definition) is 2. The van der Waals surface area contributed by atoms with Crippen molar-refractivity contribution in [1.82, 2.24) is 25.1 Å². The molecule has 1 fully saturated rings. The molecule has 0 spiro atoms. The van der Waals surface area contributed by atoms with Gasteiger partial charge >= 0.3 is 0 Å². The third-order valence-electron chi connectivity index (χ3n) is 4.56. The van der Waals surface area contributed by atoms with Crippen LogP contribution in [0.15, 0.2) is 30.6 Å². The molecule has 0 aliphatic carbocycles. The number of anilines is 2. The number of halogens is 2. The predicted octanol–water partition coefficient (Wildman–Crippen LogP) is 2.59. The predicted molar refractivity (Wildman–Crippen MR) is 110 cm³/mol. The molecule has 1 saturated heterocycles. The van der Waals surface area contributed by atoms with Crippen LogP contribution in [-0.2, 0) is 0 Å². The Hall–Kier alpha value is -2.09. The number of rotatable bonds is 2. The van der Waals surface area contributed by atoms with Crippen LogP contribution in [0.4, 0.5) is 11.6 Å². The zero-order valence-corrected chi connectivity index (χ0v) is 16.2. The van der Waals surface area contributed by atoms with Gasteiger partial charge in [0.1, 0.15) is 0 Å². The summed E-state index contributed by atoms with van der Waals surface area (Å²) in [6, 6.07) is 6.04. The van der Waals surface area contributed by atoms with Crippen molar-refractivity contribution in [3.63, 3.8) is 0 Å². The second-order valence-electron chi connectivity index (χ2n) is 6.24. The summed E-state index contributed by atoms with van der Waals surface area (Å²) in [7, 11) is 2.15. The van der Waals surface area contributed by atoms with E-state index >= 15 is 0 Å². The van der Waals surface area contributed by atoms with Gasteiger partial charge in [0.05, 0.1) is 23.6 Å². The van der Waals surface area contributed by atoms with Gasteiger partial charge in [-0.25, -0.2) is 9.97 Å². The Bertz CT molecular complexity index is 867. The van der Waals surface area contributed by atoms with Gasteiger partial charge in [0.25, 0.3) is 0 Å². The summed E-state index contributed by atoms with van der Waals surface area (Å²) in [6.45, 7) is 3.96. The number of likely N-dealkylation sites (N-methyl/N-ethyl adjacent to an activating group) is 1. The number of nitrogens with two attached hydrogens (primary N) is 1. The Balaban J connectivity index is 0.00000121. The number of nitrogen functional groups attached to an aromatic ring is 1. The van der Waals surface area contributed by atoms with Crippen molar-refractivity contribution in [2.24, 2.45) is 0 Å². The molecule has 1 aliphatic heterocycles. The lowest BCUT2D eigenvalue weighted by Gasteiger charge is -2.23. The van der Waals surface area contributed by atoms with E-state index in [9.17, 15) is 0 Å². The SMILES string of the molecule is CN1CCCN(c2nc(-c3cccc4[nH]ncc34)cnc2N)CC1.Cl.Cl. The average molecular weight is 396 g/mol. The summed E-state index contributed by atoms with van der Waals surface area (Å²) in [5.41, 5.74) is 8.96. The lowest BCUT2D eigenvalue weighted by Crippen LogP contribution is -2.30. The molecular weight excluding hydrogens is 373 g/mol. The summed E-state index contributed by atoms with van der Waals surface area (Å²) < 4.78 is 0. The highest BCUT2D eigenvalue weighted by Crippen LogP contribution is 2.29. The largest absolute Gasteiger partial charge is 0.381 e.